The van der Waals surface area contributed by atoms with Crippen molar-refractivity contribution in [2.24, 2.45) is 5.73 Å². The van der Waals surface area contributed by atoms with Crippen molar-refractivity contribution in [3.63, 3.8) is 0 Å². The number of thioether (sulfide) groups is 1. The Hall–Kier alpha value is -1.32. The highest BCUT2D eigenvalue weighted by Gasteiger charge is 2.36. The van der Waals surface area contributed by atoms with Gasteiger partial charge in [-0.15, -0.1) is 0 Å². The number of carbonyl (C=O) groups excluding carboxylic acids is 3. The predicted octanol–water partition coefficient (Wildman–Crippen LogP) is 0.983. The van der Waals surface area contributed by atoms with Gasteiger partial charge in [-0.1, -0.05) is 13.3 Å². The highest BCUT2D eigenvalue weighted by Crippen LogP contribution is 2.19. The number of aliphatic hydroxyl groups excluding tert-OH is 1. The first-order valence-electron chi connectivity index (χ1n) is 10.2. The zero-order valence-corrected chi connectivity index (χ0v) is 19.3. The average Bonchev–Trinajstić information content (AvgIpc) is 2.63. The number of unbranched alkanes of at least 4 members (excludes halogenated alkanes) is 2. The molecule has 0 aromatic carbocycles. The van der Waals surface area contributed by atoms with Gasteiger partial charge in [0.25, 0.3) is 0 Å². The SMILES string of the molecule is CCCC(=O)N(C)[C@@H](CSCCCCCO)C(=O)N(C)[C@@H](CC(C)(C)O)C(N)=O. The first-order valence-corrected chi connectivity index (χ1v) is 11.3. The van der Waals surface area contributed by atoms with Crippen LogP contribution in [0, 0.1) is 0 Å². The van der Waals surface area contributed by atoms with E-state index in [4.69, 9.17) is 10.8 Å². The molecule has 0 bridgehead atoms. The van der Waals surface area contributed by atoms with E-state index in [0.717, 1.165) is 25.0 Å². The van der Waals surface area contributed by atoms with E-state index < -0.39 is 23.6 Å². The number of nitrogens with two attached hydrogens (primary N) is 1. The Morgan fingerprint density at radius 1 is 1.07 bits per heavy atom. The molecule has 3 amide bonds. The number of rotatable bonds is 15. The molecule has 170 valence electrons. The maximum atomic E-state index is 13.2. The molecule has 0 saturated carbocycles. The van der Waals surface area contributed by atoms with Crippen molar-refractivity contribution >= 4 is 29.5 Å². The zero-order valence-electron chi connectivity index (χ0n) is 18.5. The van der Waals surface area contributed by atoms with Crippen LogP contribution >= 0.6 is 11.8 Å². The van der Waals surface area contributed by atoms with Crippen LogP contribution in [0.1, 0.15) is 59.3 Å². The normalized spacial score (nSPS) is 13.6. The third kappa shape index (κ3) is 10.9. The molecule has 0 saturated heterocycles. The van der Waals surface area contributed by atoms with Crippen LogP contribution < -0.4 is 5.73 Å². The monoisotopic (exact) mass is 433 g/mol. The smallest absolute Gasteiger partial charge is 0.246 e. The topological polar surface area (TPSA) is 124 Å². The molecule has 0 radical (unpaired) electrons. The highest BCUT2D eigenvalue weighted by atomic mass is 32.2. The van der Waals surface area contributed by atoms with Gasteiger partial charge in [-0.05, 0) is 38.9 Å². The fraction of sp³-hybridized carbons (Fsp3) is 0.850. The molecule has 8 nitrogen and oxygen atoms in total. The molecule has 9 heteroatoms. The number of aliphatic hydroxyl groups is 2. The summed E-state index contributed by atoms with van der Waals surface area (Å²) in [4.78, 5) is 40.2. The van der Waals surface area contributed by atoms with E-state index in [1.807, 2.05) is 6.92 Å². The molecule has 0 rings (SSSR count). The minimum Gasteiger partial charge on any atom is -0.396 e. The summed E-state index contributed by atoms with van der Waals surface area (Å²) < 4.78 is 0. The van der Waals surface area contributed by atoms with E-state index >= 15 is 0 Å². The Bertz CT molecular complexity index is 525. The number of carbonyl (C=O) groups is 3. The molecule has 0 spiro atoms. The predicted molar refractivity (Wildman–Crippen MR) is 116 cm³/mol. The minimum atomic E-state index is -1.17. The van der Waals surface area contributed by atoms with E-state index in [1.165, 1.54) is 16.8 Å². The first-order chi connectivity index (χ1) is 13.5. The third-order valence-corrected chi connectivity index (χ3v) is 5.80. The summed E-state index contributed by atoms with van der Waals surface area (Å²) in [7, 11) is 3.09. The van der Waals surface area contributed by atoms with Crippen LogP contribution in [0.25, 0.3) is 0 Å². The molecule has 0 heterocycles. The Balaban J connectivity index is 5.30. The van der Waals surface area contributed by atoms with Gasteiger partial charge >= 0.3 is 0 Å². The number of hydrogen-bond acceptors (Lipinski definition) is 6. The van der Waals surface area contributed by atoms with E-state index in [9.17, 15) is 19.5 Å². The molecule has 0 fully saturated rings. The molecule has 0 aromatic rings. The number of nitrogens with zero attached hydrogens (tertiary/aromatic N) is 2. The van der Waals surface area contributed by atoms with Gasteiger partial charge in [0.1, 0.15) is 12.1 Å². The van der Waals surface area contributed by atoms with Crippen LogP contribution in [0.3, 0.4) is 0 Å². The first kappa shape index (κ1) is 27.7. The summed E-state index contributed by atoms with van der Waals surface area (Å²) in [6.07, 6.45) is 3.60. The number of likely N-dealkylation sites (N-methyl/N-ethyl adjacent to an activating group) is 2. The van der Waals surface area contributed by atoms with Crippen molar-refractivity contribution in [3.05, 3.63) is 0 Å². The van der Waals surface area contributed by atoms with Crippen LogP contribution in [0.2, 0.25) is 0 Å². The van der Waals surface area contributed by atoms with Crippen LogP contribution in [-0.2, 0) is 14.4 Å². The second kappa shape index (κ2) is 13.8. The maximum absolute atomic E-state index is 13.2. The van der Waals surface area contributed by atoms with Crippen molar-refractivity contribution in [2.45, 2.75) is 77.0 Å². The average molecular weight is 434 g/mol. The van der Waals surface area contributed by atoms with E-state index in [0.29, 0.717) is 18.6 Å². The lowest BCUT2D eigenvalue weighted by atomic mass is 9.97. The molecule has 0 aromatic heterocycles. The second-order valence-corrected chi connectivity index (χ2v) is 9.16. The second-order valence-electron chi connectivity index (χ2n) is 8.01. The van der Waals surface area contributed by atoms with Crippen molar-refractivity contribution < 1.29 is 24.6 Å². The standard InChI is InChI=1S/C20H39N3O5S/c1-6-10-17(25)22(4)16(14-29-12-9-7-8-11-24)19(27)23(5)15(18(21)26)13-20(2,3)28/h15-16,24,28H,6-14H2,1-5H3,(H2,21,26)/t15-,16-/m0/s1. The van der Waals surface area contributed by atoms with Crippen molar-refractivity contribution in [1.82, 2.24) is 9.80 Å². The molecule has 29 heavy (non-hydrogen) atoms. The lowest BCUT2D eigenvalue weighted by molar-refractivity contribution is -0.147. The van der Waals surface area contributed by atoms with Crippen LogP contribution in [0.4, 0.5) is 0 Å². The zero-order chi connectivity index (χ0) is 22.6. The third-order valence-electron chi connectivity index (χ3n) is 4.67. The Kier molecular flexibility index (Phi) is 13.2. The number of primary amides is 1. The Morgan fingerprint density at radius 3 is 2.17 bits per heavy atom. The van der Waals surface area contributed by atoms with Crippen molar-refractivity contribution in [2.75, 3.05) is 32.2 Å². The van der Waals surface area contributed by atoms with Crippen molar-refractivity contribution in [3.8, 4) is 0 Å². The number of hydrogen-bond donors (Lipinski definition) is 3. The lowest BCUT2D eigenvalue weighted by Crippen LogP contribution is -2.56. The summed E-state index contributed by atoms with van der Waals surface area (Å²) >= 11 is 1.57. The van der Waals surface area contributed by atoms with Crippen LogP contribution in [-0.4, -0.2) is 87.6 Å². The summed E-state index contributed by atoms with van der Waals surface area (Å²) in [5, 5.41) is 18.9. The molecular formula is C20H39N3O5S. The Morgan fingerprint density at radius 2 is 1.69 bits per heavy atom. The summed E-state index contributed by atoms with van der Waals surface area (Å²) in [5.74, 6) is 0.0288. The van der Waals surface area contributed by atoms with Crippen LogP contribution in [0.5, 0.6) is 0 Å². The van der Waals surface area contributed by atoms with E-state index in [1.54, 1.807) is 32.7 Å². The minimum absolute atomic E-state index is 0.0121. The van der Waals surface area contributed by atoms with Gasteiger partial charge in [0.2, 0.25) is 17.7 Å². The van der Waals surface area contributed by atoms with Gasteiger partial charge in [0, 0.05) is 39.3 Å². The molecule has 0 aliphatic heterocycles. The Labute approximate surface area is 179 Å². The lowest BCUT2D eigenvalue weighted by Gasteiger charge is -2.35. The number of amides is 3. The van der Waals surface area contributed by atoms with Crippen molar-refractivity contribution in [1.29, 1.82) is 0 Å². The molecular weight excluding hydrogens is 394 g/mol. The molecule has 0 aliphatic carbocycles. The van der Waals surface area contributed by atoms with Crippen LogP contribution in [0.15, 0.2) is 0 Å². The quantitative estimate of drug-likeness (QED) is 0.331. The van der Waals surface area contributed by atoms with Gasteiger partial charge < -0.3 is 25.7 Å². The van der Waals surface area contributed by atoms with Gasteiger partial charge in [-0.2, -0.15) is 11.8 Å². The van der Waals surface area contributed by atoms with Gasteiger partial charge in [0.05, 0.1) is 5.60 Å². The largest absolute Gasteiger partial charge is 0.396 e. The molecule has 2 atom stereocenters. The highest BCUT2D eigenvalue weighted by molar-refractivity contribution is 7.99. The van der Waals surface area contributed by atoms with Gasteiger partial charge in [-0.25, -0.2) is 0 Å². The summed E-state index contributed by atoms with van der Waals surface area (Å²) in [6.45, 7) is 5.17. The molecule has 0 aliphatic rings. The van der Waals surface area contributed by atoms with E-state index in [2.05, 4.69) is 0 Å². The van der Waals surface area contributed by atoms with E-state index in [-0.39, 0.29) is 24.8 Å². The van der Waals surface area contributed by atoms with Gasteiger partial charge in [-0.3, -0.25) is 14.4 Å². The molecule has 0 unspecified atom stereocenters. The molecule has 4 N–H and O–H groups in total. The fourth-order valence-corrected chi connectivity index (χ4v) is 4.06. The maximum Gasteiger partial charge on any atom is 0.246 e. The fourth-order valence-electron chi connectivity index (χ4n) is 2.89. The summed E-state index contributed by atoms with van der Waals surface area (Å²) in [5.41, 5.74) is 4.31. The van der Waals surface area contributed by atoms with Gasteiger partial charge in [0.15, 0.2) is 0 Å². The summed E-state index contributed by atoms with van der Waals surface area (Å²) in [6, 6.07) is -1.68.